The lowest BCUT2D eigenvalue weighted by molar-refractivity contribution is 0.540. The van der Waals surface area contributed by atoms with Crippen LogP contribution in [-0.2, 0) is 12.8 Å². The number of hydrogen-bond donors (Lipinski definition) is 0. The third-order valence-electron chi connectivity index (χ3n) is 8.39. The van der Waals surface area contributed by atoms with Gasteiger partial charge in [-0.1, -0.05) is 102 Å². The molecule has 42 heavy (non-hydrogen) atoms. The molecule has 0 aromatic heterocycles. The standard InChI is InChI=1S/C36H30N6/c1-24-20-30-17-16-27-10-2-3-11-31(27)35(30)34(24)36-32-21-25(8-4-6-18-39-41-37)12-14-28(32)23-29-15-13-26(22-33(29)36)9-5-7-19-40-42-38/h2-3,10-17,21-22,24,28,32H,6-7,18-20,23H2,1H3/b36-34+/t24-,28?,32?/m1/s1. The second-order valence-corrected chi connectivity index (χ2v) is 11.0. The minimum Gasteiger partial charge on any atom is -0.0978 e. The summed E-state index contributed by atoms with van der Waals surface area (Å²) in [4.78, 5) is 5.66. The fourth-order valence-corrected chi connectivity index (χ4v) is 6.65. The van der Waals surface area contributed by atoms with Gasteiger partial charge in [-0.2, -0.15) is 0 Å². The molecule has 3 aromatic rings. The largest absolute Gasteiger partial charge is 0.0978 e. The molecule has 0 aliphatic heterocycles. The molecule has 0 saturated heterocycles. The Morgan fingerprint density at radius 3 is 2.43 bits per heavy atom. The number of allylic oxidation sites excluding steroid dienone is 6. The molecule has 0 saturated carbocycles. The molecule has 204 valence electrons. The summed E-state index contributed by atoms with van der Waals surface area (Å²) in [6.45, 7) is 3.11. The number of rotatable bonds is 4. The lowest BCUT2D eigenvalue weighted by Gasteiger charge is -2.36. The second-order valence-electron chi connectivity index (χ2n) is 11.0. The first-order valence-electron chi connectivity index (χ1n) is 14.5. The Labute approximate surface area is 246 Å². The Balaban J connectivity index is 1.53. The van der Waals surface area contributed by atoms with Gasteiger partial charge in [0.05, 0.1) is 0 Å². The molecule has 0 bridgehead atoms. The molecule has 0 fully saturated rings. The molecule has 0 spiro atoms. The number of hydrogen-bond acceptors (Lipinski definition) is 2. The summed E-state index contributed by atoms with van der Waals surface area (Å²) in [5.41, 5.74) is 27.4. The normalized spacial score (nSPS) is 21.3. The highest BCUT2D eigenvalue weighted by Gasteiger charge is 2.37. The molecule has 3 atom stereocenters. The van der Waals surface area contributed by atoms with Crippen LogP contribution in [0.25, 0.3) is 42.8 Å². The van der Waals surface area contributed by atoms with Crippen molar-refractivity contribution in [3.05, 3.63) is 127 Å². The minimum atomic E-state index is 0.194. The van der Waals surface area contributed by atoms with E-state index in [4.69, 9.17) is 11.1 Å². The molecule has 0 N–H and O–H groups in total. The van der Waals surface area contributed by atoms with Gasteiger partial charge in [-0.3, -0.25) is 0 Å². The van der Waals surface area contributed by atoms with E-state index in [9.17, 15) is 0 Å². The maximum Gasteiger partial charge on any atom is 0.0367 e. The first kappa shape index (κ1) is 27.1. The lowest BCUT2D eigenvalue weighted by Crippen LogP contribution is -2.25. The average Bonchev–Trinajstić information content (AvgIpc) is 3.35. The van der Waals surface area contributed by atoms with Gasteiger partial charge in [0.15, 0.2) is 0 Å². The zero-order chi connectivity index (χ0) is 28.9. The summed E-state index contributed by atoms with van der Waals surface area (Å²) in [5, 5.41) is 9.79. The number of azide groups is 2. The highest BCUT2D eigenvalue weighted by atomic mass is 15.1. The van der Waals surface area contributed by atoms with Crippen molar-refractivity contribution in [1.82, 2.24) is 0 Å². The van der Waals surface area contributed by atoms with E-state index in [-0.39, 0.29) is 5.92 Å². The van der Waals surface area contributed by atoms with Crippen molar-refractivity contribution >= 4 is 21.9 Å². The summed E-state index contributed by atoms with van der Waals surface area (Å²) in [7, 11) is 0. The Bertz CT molecular complexity index is 1890. The summed E-state index contributed by atoms with van der Waals surface area (Å²) in [6.07, 6.45) is 9.89. The Morgan fingerprint density at radius 1 is 0.857 bits per heavy atom. The summed E-state index contributed by atoms with van der Waals surface area (Å²) in [6, 6.07) is 19.9. The van der Waals surface area contributed by atoms with Crippen LogP contribution in [0.15, 0.2) is 88.6 Å². The van der Waals surface area contributed by atoms with Gasteiger partial charge < -0.3 is 0 Å². The molecule has 3 aromatic carbocycles. The summed E-state index contributed by atoms with van der Waals surface area (Å²) < 4.78 is 0. The molecule has 3 aliphatic rings. The molecule has 6 nitrogen and oxygen atoms in total. The van der Waals surface area contributed by atoms with Crippen molar-refractivity contribution in [2.75, 3.05) is 13.1 Å². The van der Waals surface area contributed by atoms with Crippen molar-refractivity contribution in [1.29, 1.82) is 0 Å². The van der Waals surface area contributed by atoms with E-state index in [1.165, 1.54) is 44.2 Å². The molecule has 6 rings (SSSR count). The van der Waals surface area contributed by atoms with Gasteiger partial charge in [-0.05, 0) is 92.0 Å². The fourth-order valence-electron chi connectivity index (χ4n) is 6.65. The quantitative estimate of drug-likeness (QED) is 0.103. The maximum absolute atomic E-state index is 8.57. The van der Waals surface area contributed by atoms with Crippen LogP contribution < -0.4 is 0 Å². The lowest BCUT2D eigenvalue weighted by atomic mass is 9.67. The van der Waals surface area contributed by atoms with Crippen LogP contribution in [0.3, 0.4) is 0 Å². The van der Waals surface area contributed by atoms with Crippen molar-refractivity contribution in [3.8, 4) is 23.7 Å². The van der Waals surface area contributed by atoms with Gasteiger partial charge in [0, 0.05) is 52.8 Å². The number of benzene rings is 3. The van der Waals surface area contributed by atoms with E-state index in [2.05, 4.69) is 123 Å². The van der Waals surface area contributed by atoms with Crippen LogP contribution in [-0.4, -0.2) is 13.1 Å². The van der Waals surface area contributed by atoms with Gasteiger partial charge in [0.1, 0.15) is 0 Å². The van der Waals surface area contributed by atoms with E-state index in [1.54, 1.807) is 0 Å². The third kappa shape index (κ3) is 5.30. The number of nitrogens with zero attached hydrogens (tertiary/aromatic N) is 6. The molecular formula is C36H30N6. The van der Waals surface area contributed by atoms with Crippen molar-refractivity contribution in [3.63, 3.8) is 0 Å². The van der Waals surface area contributed by atoms with E-state index in [1.807, 2.05) is 0 Å². The molecule has 6 heteroatoms. The zero-order valence-corrected chi connectivity index (χ0v) is 23.6. The molecule has 0 amide bonds. The van der Waals surface area contributed by atoms with Crippen LogP contribution in [0.4, 0.5) is 0 Å². The number of fused-ring (bicyclic) bond motifs is 5. The molecule has 3 aliphatic carbocycles. The van der Waals surface area contributed by atoms with Crippen LogP contribution >= 0.6 is 0 Å². The van der Waals surface area contributed by atoms with Crippen LogP contribution in [0.2, 0.25) is 0 Å². The van der Waals surface area contributed by atoms with Gasteiger partial charge in [0.25, 0.3) is 0 Å². The molecule has 0 heterocycles. The Kier molecular flexibility index (Phi) is 7.85. The predicted octanol–water partition coefficient (Wildman–Crippen LogP) is 8.98. The van der Waals surface area contributed by atoms with Gasteiger partial charge in [0.2, 0.25) is 0 Å². The first-order chi connectivity index (χ1) is 20.7. The zero-order valence-electron chi connectivity index (χ0n) is 23.6. The topological polar surface area (TPSA) is 97.5 Å². The molecular weight excluding hydrogens is 516 g/mol. The maximum atomic E-state index is 8.57. The van der Waals surface area contributed by atoms with Gasteiger partial charge in [-0.15, -0.1) is 0 Å². The molecule has 0 radical (unpaired) electrons. The smallest absolute Gasteiger partial charge is 0.0367 e. The van der Waals surface area contributed by atoms with Gasteiger partial charge >= 0.3 is 0 Å². The van der Waals surface area contributed by atoms with Crippen molar-refractivity contribution in [2.45, 2.75) is 32.6 Å². The first-order valence-corrected chi connectivity index (χ1v) is 14.5. The van der Waals surface area contributed by atoms with Gasteiger partial charge in [-0.25, -0.2) is 0 Å². The second kappa shape index (κ2) is 12.2. The fraction of sp³-hybridized carbons (Fsp3) is 0.278. The van der Waals surface area contributed by atoms with Crippen LogP contribution in [0, 0.1) is 41.4 Å². The highest BCUT2D eigenvalue weighted by Crippen LogP contribution is 2.52. The Morgan fingerprint density at radius 2 is 1.62 bits per heavy atom. The average molecular weight is 547 g/mol. The van der Waals surface area contributed by atoms with Crippen LogP contribution in [0.1, 0.15) is 47.6 Å². The predicted molar refractivity (Wildman–Crippen MR) is 170 cm³/mol. The summed E-state index contributed by atoms with van der Waals surface area (Å²) in [5.74, 6) is 13.9. The minimum absolute atomic E-state index is 0.194. The molecule has 2 unspecified atom stereocenters. The third-order valence-corrected chi connectivity index (χ3v) is 8.39. The van der Waals surface area contributed by atoms with Crippen molar-refractivity contribution < 1.29 is 0 Å². The van der Waals surface area contributed by atoms with E-state index < -0.39 is 0 Å². The Hall–Kier alpha value is -5.12. The SMILES string of the molecule is C[C@@H]1Cc2ccc3ccccc3c2/C1=C1/c2cc(C#CCCN=[N+]=[N-])ccc2CC2C=CC(C#CCCN=[N+]=[N-])=CC12. The van der Waals surface area contributed by atoms with E-state index in [0.29, 0.717) is 37.8 Å². The highest BCUT2D eigenvalue weighted by molar-refractivity contribution is 6.06. The van der Waals surface area contributed by atoms with E-state index in [0.717, 1.165) is 24.0 Å². The monoisotopic (exact) mass is 546 g/mol. The van der Waals surface area contributed by atoms with E-state index >= 15 is 0 Å². The van der Waals surface area contributed by atoms with Crippen molar-refractivity contribution in [2.24, 2.45) is 28.0 Å². The summed E-state index contributed by atoms with van der Waals surface area (Å²) >= 11 is 0. The van der Waals surface area contributed by atoms with Crippen LogP contribution in [0.5, 0.6) is 0 Å².